The number of thiazole rings is 1. The summed E-state index contributed by atoms with van der Waals surface area (Å²) in [5.74, 6) is 0.162. The third kappa shape index (κ3) is 6.39. The van der Waals surface area contributed by atoms with Gasteiger partial charge in [-0.2, -0.15) is 9.50 Å². The van der Waals surface area contributed by atoms with Crippen LogP contribution >= 0.6 is 23.7 Å². The molecule has 1 aliphatic rings. The molecule has 0 spiro atoms. The van der Waals surface area contributed by atoms with Gasteiger partial charge >= 0.3 is 4.87 Å². The van der Waals surface area contributed by atoms with Gasteiger partial charge in [0.1, 0.15) is 10.5 Å². The SMILES string of the molecule is Cl.Nc1nc2c(sc(=O)n2CCN2CCN(c3ccc(C(=O)NCCNCCO)cc3F)CC2)c2nc(-c3ccco3)nn12. The number of nitrogen functional groups attached to an aromatic ring is 1. The Labute approximate surface area is 260 Å². The fourth-order valence-corrected chi connectivity index (χ4v) is 6.00. The Balaban J connectivity index is 0.00000384. The predicted molar refractivity (Wildman–Crippen MR) is 167 cm³/mol. The number of carbonyl (C=O) groups excluding carboxylic acids is 1. The number of nitrogens with one attached hydrogen (secondary N) is 2. The molecule has 234 valence electrons. The number of piperazine rings is 1. The molecule has 4 aromatic heterocycles. The van der Waals surface area contributed by atoms with Gasteiger partial charge in [0.2, 0.25) is 11.8 Å². The van der Waals surface area contributed by atoms with Gasteiger partial charge in [-0.25, -0.2) is 9.37 Å². The van der Waals surface area contributed by atoms with Crippen molar-refractivity contribution in [1.29, 1.82) is 0 Å². The molecule has 5 heterocycles. The van der Waals surface area contributed by atoms with Crippen LogP contribution in [0.5, 0.6) is 0 Å². The number of fused-ring (bicyclic) bond motifs is 3. The second-order valence-electron chi connectivity index (χ2n) is 10.0. The van der Waals surface area contributed by atoms with Crippen LogP contribution in [0.2, 0.25) is 0 Å². The molecule has 0 bridgehead atoms. The second kappa shape index (κ2) is 13.7. The van der Waals surface area contributed by atoms with Gasteiger partial charge in [0, 0.05) is 64.5 Å². The third-order valence-corrected chi connectivity index (χ3v) is 8.26. The Kier molecular flexibility index (Phi) is 9.75. The Bertz CT molecular complexity index is 1800. The van der Waals surface area contributed by atoms with E-state index >= 15 is 0 Å². The van der Waals surface area contributed by atoms with E-state index in [0.717, 1.165) is 11.3 Å². The number of nitrogens with two attached hydrogens (primary N) is 1. The van der Waals surface area contributed by atoms with Crippen LogP contribution in [0, 0.1) is 5.82 Å². The summed E-state index contributed by atoms with van der Waals surface area (Å²) in [6.45, 7) is 4.92. The number of amides is 1. The zero-order valence-corrected chi connectivity index (χ0v) is 25.2. The highest BCUT2D eigenvalue weighted by molar-refractivity contribution is 7.17. The van der Waals surface area contributed by atoms with Crippen LogP contribution in [0.4, 0.5) is 16.0 Å². The molecule has 5 N–H and O–H groups in total. The molecule has 0 atom stereocenters. The number of nitrogens with zero attached hydrogens (tertiary/aromatic N) is 7. The lowest BCUT2D eigenvalue weighted by Crippen LogP contribution is -2.47. The highest BCUT2D eigenvalue weighted by atomic mass is 35.5. The van der Waals surface area contributed by atoms with Crippen LogP contribution in [-0.4, -0.2) is 99.0 Å². The molecule has 6 rings (SSSR count). The number of aliphatic hydroxyl groups is 1. The first kappa shape index (κ1) is 31.3. The van der Waals surface area contributed by atoms with Crippen molar-refractivity contribution in [2.45, 2.75) is 6.54 Å². The van der Waals surface area contributed by atoms with Crippen LogP contribution in [-0.2, 0) is 6.54 Å². The van der Waals surface area contributed by atoms with Crippen molar-refractivity contribution in [1.82, 2.24) is 39.7 Å². The van der Waals surface area contributed by atoms with Crippen molar-refractivity contribution in [2.75, 3.05) is 69.6 Å². The van der Waals surface area contributed by atoms with Crippen LogP contribution in [0.3, 0.4) is 0 Å². The number of hydrogen-bond acceptors (Lipinski definition) is 12. The molecule has 0 aliphatic carbocycles. The van der Waals surface area contributed by atoms with Gasteiger partial charge in [-0.15, -0.1) is 17.5 Å². The Morgan fingerprint density at radius 3 is 2.64 bits per heavy atom. The van der Waals surface area contributed by atoms with E-state index in [-0.39, 0.29) is 41.3 Å². The zero-order valence-electron chi connectivity index (χ0n) is 23.6. The molecule has 1 saturated heterocycles. The fourth-order valence-electron chi connectivity index (χ4n) is 5.06. The molecule has 14 nitrogen and oxygen atoms in total. The van der Waals surface area contributed by atoms with E-state index in [9.17, 15) is 14.0 Å². The van der Waals surface area contributed by atoms with Crippen LogP contribution in [0.25, 0.3) is 27.6 Å². The lowest BCUT2D eigenvalue weighted by molar-refractivity contribution is 0.0953. The normalized spacial score (nSPS) is 13.9. The van der Waals surface area contributed by atoms with Gasteiger partial charge in [0.25, 0.3) is 5.91 Å². The minimum atomic E-state index is -0.450. The summed E-state index contributed by atoms with van der Waals surface area (Å²) in [6, 6.07) is 8.00. The van der Waals surface area contributed by atoms with Gasteiger partial charge in [0.05, 0.1) is 18.6 Å². The van der Waals surface area contributed by atoms with Crippen molar-refractivity contribution in [3.8, 4) is 11.6 Å². The molecule has 1 fully saturated rings. The lowest BCUT2D eigenvalue weighted by atomic mass is 10.1. The molecule has 5 aromatic rings. The summed E-state index contributed by atoms with van der Waals surface area (Å²) < 4.78 is 24.0. The topological polar surface area (TPSA) is 172 Å². The molecular weight excluding hydrogens is 615 g/mol. The molecule has 1 aromatic carbocycles. The van der Waals surface area contributed by atoms with Gasteiger partial charge < -0.3 is 30.8 Å². The summed E-state index contributed by atoms with van der Waals surface area (Å²) in [7, 11) is 0. The van der Waals surface area contributed by atoms with Crippen molar-refractivity contribution < 1.29 is 18.7 Å². The molecule has 0 radical (unpaired) electrons. The fraction of sp³-hybridized carbons (Fsp3) is 0.370. The third-order valence-electron chi connectivity index (χ3n) is 7.30. The largest absolute Gasteiger partial charge is 0.461 e. The minimum absolute atomic E-state index is 0. The van der Waals surface area contributed by atoms with Crippen molar-refractivity contribution in [3.63, 3.8) is 0 Å². The number of benzene rings is 1. The number of aromatic nitrogens is 5. The van der Waals surface area contributed by atoms with Gasteiger partial charge in [-0.05, 0) is 30.3 Å². The van der Waals surface area contributed by atoms with Crippen LogP contribution < -0.4 is 26.1 Å². The lowest BCUT2D eigenvalue weighted by Gasteiger charge is -2.36. The van der Waals surface area contributed by atoms with E-state index in [0.29, 0.717) is 92.2 Å². The molecule has 1 aliphatic heterocycles. The van der Waals surface area contributed by atoms with E-state index in [1.54, 1.807) is 28.8 Å². The number of hydrogen-bond donors (Lipinski definition) is 4. The van der Waals surface area contributed by atoms with E-state index in [4.69, 9.17) is 15.3 Å². The molecule has 17 heteroatoms. The molecule has 44 heavy (non-hydrogen) atoms. The first-order chi connectivity index (χ1) is 20.9. The van der Waals surface area contributed by atoms with Gasteiger partial charge in [-0.3, -0.25) is 19.1 Å². The first-order valence-electron chi connectivity index (χ1n) is 13.9. The monoisotopic (exact) mass is 646 g/mol. The van der Waals surface area contributed by atoms with E-state index in [1.165, 1.54) is 16.8 Å². The minimum Gasteiger partial charge on any atom is -0.461 e. The summed E-state index contributed by atoms with van der Waals surface area (Å²) in [5, 5.41) is 18.9. The van der Waals surface area contributed by atoms with Crippen molar-refractivity contribution in [3.05, 3.63) is 57.6 Å². The quantitative estimate of drug-likeness (QED) is 0.151. The molecular formula is C27H32ClFN10O4S. The number of anilines is 2. The maximum atomic E-state index is 15.0. The average molecular weight is 647 g/mol. The number of halogens is 2. The van der Waals surface area contributed by atoms with E-state index in [1.807, 2.05) is 4.90 Å². The van der Waals surface area contributed by atoms with Crippen molar-refractivity contribution in [2.24, 2.45) is 0 Å². The van der Waals surface area contributed by atoms with Gasteiger partial charge in [0.15, 0.2) is 17.1 Å². The average Bonchev–Trinajstić information content (AvgIpc) is 3.76. The van der Waals surface area contributed by atoms with E-state index < -0.39 is 5.82 Å². The summed E-state index contributed by atoms with van der Waals surface area (Å²) in [6.07, 6.45) is 1.53. The second-order valence-corrected chi connectivity index (χ2v) is 11.0. The Morgan fingerprint density at radius 1 is 1.09 bits per heavy atom. The van der Waals surface area contributed by atoms with Crippen molar-refractivity contribution >= 4 is 57.3 Å². The number of carbonyl (C=O) groups is 1. The maximum absolute atomic E-state index is 15.0. The predicted octanol–water partition coefficient (Wildman–Crippen LogP) is 1.04. The maximum Gasteiger partial charge on any atom is 0.309 e. The zero-order chi connectivity index (χ0) is 29.9. The highest BCUT2D eigenvalue weighted by Gasteiger charge is 2.23. The number of furan rings is 1. The molecule has 1 amide bonds. The number of rotatable bonds is 11. The summed E-state index contributed by atoms with van der Waals surface area (Å²) in [5.41, 5.74) is 7.80. The smallest absolute Gasteiger partial charge is 0.309 e. The summed E-state index contributed by atoms with van der Waals surface area (Å²) in [4.78, 5) is 38.3. The van der Waals surface area contributed by atoms with Gasteiger partial charge in [-0.1, -0.05) is 11.3 Å². The number of aliphatic hydroxyl groups excluding tert-OH is 1. The van der Waals surface area contributed by atoms with Crippen LogP contribution in [0.15, 0.2) is 45.8 Å². The molecule has 0 unspecified atom stereocenters. The highest BCUT2D eigenvalue weighted by Crippen LogP contribution is 2.26. The van der Waals surface area contributed by atoms with Crippen LogP contribution in [0.1, 0.15) is 10.4 Å². The Hall–Kier alpha value is -4.09. The standard InChI is InChI=1S/C27H31FN10O4S.ClH/c28-18-16-17(25(40)31-6-5-30-7-14-39)3-4-19(18)36-11-8-35(9-12-36)10-13-37-23-21(43-27(37)41)24-32-22(20-2-1-15-42-20)34-38(24)26(29)33-23;/h1-4,15-16,30,39H,5-14H2,(H2,29,33)(H,31,40);1H. The summed E-state index contributed by atoms with van der Waals surface area (Å²) >= 11 is 1.05. The Morgan fingerprint density at radius 2 is 1.91 bits per heavy atom. The first-order valence-corrected chi connectivity index (χ1v) is 14.7. The molecule has 0 saturated carbocycles. The van der Waals surface area contributed by atoms with E-state index in [2.05, 4.69) is 30.6 Å².